The predicted molar refractivity (Wildman–Crippen MR) is 135 cm³/mol. The molecule has 3 atom stereocenters. The first kappa shape index (κ1) is 24.3. The van der Waals surface area contributed by atoms with Crippen LogP contribution in [0.15, 0.2) is 91.0 Å². The first-order valence-corrected chi connectivity index (χ1v) is 12.3. The highest BCUT2D eigenvalue weighted by Crippen LogP contribution is 2.30. The molecule has 1 aliphatic rings. The number of nitrogens with zero attached hydrogens (tertiary/aromatic N) is 1. The van der Waals surface area contributed by atoms with E-state index in [1.807, 2.05) is 42.5 Å². The number of ether oxygens (including phenoxy) is 2. The first-order valence-electron chi connectivity index (χ1n) is 12.3. The van der Waals surface area contributed by atoms with Crippen LogP contribution in [0.3, 0.4) is 0 Å². The van der Waals surface area contributed by atoms with Gasteiger partial charge >= 0.3 is 0 Å². The number of rotatable bonds is 11. The van der Waals surface area contributed by atoms with E-state index in [9.17, 15) is 4.79 Å². The van der Waals surface area contributed by atoms with E-state index in [1.165, 1.54) is 11.1 Å². The van der Waals surface area contributed by atoms with Gasteiger partial charge in [-0.15, -0.1) is 0 Å². The minimum absolute atomic E-state index is 0.0444. The Balaban J connectivity index is 1.52. The molecule has 4 rings (SSSR count). The summed E-state index contributed by atoms with van der Waals surface area (Å²) in [7, 11) is 0. The highest BCUT2D eigenvalue weighted by molar-refractivity contribution is 5.76. The molecular formula is C30H35NO3. The van der Waals surface area contributed by atoms with Crippen LogP contribution in [0.25, 0.3) is 0 Å². The maximum absolute atomic E-state index is 12.1. The summed E-state index contributed by atoms with van der Waals surface area (Å²) in [6.07, 6.45) is 2.48. The quantitative estimate of drug-likeness (QED) is 0.365. The maximum Gasteiger partial charge on any atom is 0.131 e. The Morgan fingerprint density at radius 2 is 1.35 bits per heavy atom. The Morgan fingerprint density at radius 1 is 0.794 bits per heavy atom. The van der Waals surface area contributed by atoms with Crippen molar-refractivity contribution >= 4 is 5.78 Å². The van der Waals surface area contributed by atoms with Gasteiger partial charge in [0.15, 0.2) is 0 Å². The SMILES string of the molecule is CC(=O)CC1CCC(OCc2ccccc2)C(COCc2ccccc2)N1Cc1ccccc1. The van der Waals surface area contributed by atoms with E-state index < -0.39 is 0 Å². The lowest BCUT2D eigenvalue weighted by Crippen LogP contribution is -2.56. The van der Waals surface area contributed by atoms with E-state index in [0.29, 0.717) is 26.2 Å². The zero-order chi connectivity index (χ0) is 23.6. The summed E-state index contributed by atoms with van der Waals surface area (Å²) in [5.74, 6) is 0.232. The van der Waals surface area contributed by atoms with Gasteiger partial charge in [0.05, 0.1) is 32.0 Å². The monoisotopic (exact) mass is 457 g/mol. The zero-order valence-corrected chi connectivity index (χ0v) is 20.0. The van der Waals surface area contributed by atoms with Crippen molar-refractivity contribution in [1.82, 2.24) is 4.90 Å². The number of benzene rings is 3. The average molecular weight is 458 g/mol. The topological polar surface area (TPSA) is 38.8 Å². The van der Waals surface area contributed by atoms with Crippen LogP contribution in [-0.4, -0.2) is 35.5 Å². The van der Waals surface area contributed by atoms with Gasteiger partial charge in [0, 0.05) is 19.0 Å². The van der Waals surface area contributed by atoms with Gasteiger partial charge in [-0.3, -0.25) is 9.69 Å². The smallest absolute Gasteiger partial charge is 0.131 e. The Bertz CT molecular complexity index is 993. The van der Waals surface area contributed by atoms with E-state index in [4.69, 9.17) is 9.47 Å². The van der Waals surface area contributed by atoms with Crippen LogP contribution < -0.4 is 0 Å². The van der Waals surface area contributed by atoms with Crippen LogP contribution in [-0.2, 0) is 34.0 Å². The van der Waals surface area contributed by atoms with Gasteiger partial charge in [-0.25, -0.2) is 0 Å². The molecule has 0 N–H and O–H groups in total. The Kier molecular flexibility index (Phi) is 9.03. The van der Waals surface area contributed by atoms with Gasteiger partial charge in [-0.2, -0.15) is 0 Å². The summed E-state index contributed by atoms with van der Waals surface area (Å²) < 4.78 is 12.8. The summed E-state index contributed by atoms with van der Waals surface area (Å²) >= 11 is 0. The molecule has 0 radical (unpaired) electrons. The molecule has 3 unspecified atom stereocenters. The molecule has 1 aliphatic heterocycles. The van der Waals surface area contributed by atoms with E-state index in [0.717, 1.165) is 24.9 Å². The average Bonchev–Trinajstić information content (AvgIpc) is 2.87. The molecule has 178 valence electrons. The summed E-state index contributed by atoms with van der Waals surface area (Å²) in [5.41, 5.74) is 3.58. The standard InChI is InChI=1S/C30H35NO3/c1-24(32)19-28-17-18-30(34-22-27-15-9-4-10-16-27)29(23-33-21-26-13-7-3-8-14-26)31(28)20-25-11-5-2-6-12-25/h2-16,28-30H,17-23H2,1H3. The van der Waals surface area contributed by atoms with Gasteiger partial charge in [-0.05, 0) is 36.5 Å². The molecule has 1 heterocycles. The highest BCUT2D eigenvalue weighted by atomic mass is 16.5. The number of carbonyl (C=O) groups is 1. The molecule has 34 heavy (non-hydrogen) atoms. The lowest BCUT2D eigenvalue weighted by atomic mass is 9.89. The minimum Gasteiger partial charge on any atom is -0.375 e. The van der Waals surface area contributed by atoms with Crippen LogP contribution >= 0.6 is 0 Å². The van der Waals surface area contributed by atoms with Crippen molar-refractivity contribution in [2.24, 2.45) is 0 Å². The van der Waals surface area contributed by atoms with Crippen molar-refractivity contribution in [3.8, 4) is 0 Å². The maximum atomic E-state index is 12.1. The molecule has 0 saturated carbocycles. The highest BCUT2D eigenvalue weighted by Gasteiger charge is 2.38. The lowest BCUT2D eigenvalue weighted by Gasteiger charge is -2.46. The Labute approximate surface area is 203 Å². The second-order valence-electron chi connectivity index (χ2n) is 9.20. The molecule has 3 aromatic rings. The van der Waals surface area contributed by atoms with Crippen molar-refractivity contribution in [3.05, 3.63) is 108 Å². The number of likely N-dealkylation sites (tertiary alicyclic amines) is 1. The summed E-state index contributed by atoms with van der Waals surface area (Å²) in [6.45, 7) is 4.19. The van der Waals surface area contributed by atoms with Gasteiger partial charge in [0.2, 0.25) is 0 Å². The Hall–Kier alpha value is -2.79. The van der Waals surface area contributed by atoms with E-state index in [1.54, 1.807) is 6.92 Å². The molecule has 1 saturated heterocycles. The molecule has 0 amide bonds. The van der Waals surface area contributed by atoms with E-state index >= 15 is 0 Å². The van der Waals surface area contributed by atoms with Gasteiger partial charge < -0.3 is 9.47 Å². The second kappa shape index (κ2) is 12.6. The number of Topliss-reactive ketones (excluding diaryl/α,β-unsaturated/α-hetero) is 1. The predicted octanol–water partition coefficient (Wildman–Crippen LogP) is 5.80. The third kappa shape index (κ3) is 7.10. The fourth-order valence-electron chi connectivity index (χ4n) is 4.84. The van der Waals surface area contributed by atoms with Crippen molar-refractivity contribution in [1.29, 1.82) is 0 Å². The van der Waals surface area contributed by atoms with Crippen LogP contribution in [0, 0.1) is 0 Å². The molecule has 0 bridgehead atoms. The largest absolute Gasteiger partial charge is 0.375 e. The van der Waals surface area contributed by atoms with E-state index in [2.05, 4.69) is 53.4 Å². The fraction of sp³-hybridized carbons (Fsp3) is 0.367. The van der Waals surface area contributed by atoms with Crippen molar-refractivity contribution in [2.45, 2.75) is 64.1 Å². The van der Waals surface area contributed by atoms with Crippen molar-refractivity contribution in [3.63, 3.8) is 0 Å². The van der Waals surface area contributed by atoms with Crippen LogP contribution in [0.5, 0.6) is 0 Å². The number of piperidine rings is 1. The number of hydrogen-bond donors (Lipinski definition) is 0. The molecule has 0 aliphatic carbocycles. The molecule has 3 aromatic carbocycles. The van der Waals surface area contributed by atoms with Crippen LogP contribution in [0.2, 0.25) is 0 Å². The zero-order valence-electron chi connectivity index (χ0n) is 20.0. The molecule has 4 heteroatoms. The van der Waals surface area contributed by atoms with Gasteiger partial charge in [0.1, 0.15) is 5.78 Å². The van der Waals surface area contributed by atoms with Gasteiger partial charge in [0.25, 0.3) is 0 Å². The molecule has 0 aromatic heterocycles. The second-order valence-corrected chi connectivity index (χ2v) is 9.20. The van der Waals surface area contributed by atoms with Crippen molar-refractivity contribution in [2.75, 3.05) is 6.61 Å². The van der Waals surface area contributed by atoms with Crippen LogP contribution in [0.1, 0.15) is 42.9 Å². The summed E-state index contributed by atoms with van der Waals surface area (Å²) in [5, 5.41) is 0. The minimum atomic E-state index is 0.0444. The summed E-state index contributed by atoms with van der Waals surface area (Å²) in [6, 6.07) is 31.4. The molecule has 1 fully saturated rings. The first-order chi connectivity index (χ1) is 16.7. The summed E-state index contributed by atoms with van der Waals surface area (Å²) in [4.78, 5) is 14.6. The van der Waals surface area contributed by atoms with Crippen LogP contribution in [0.4, 0.5) is 0 Å². The lowest BCUT2D eigenvalue weighted by molar-refractivity contribution is -0.124. The molecular weight excluding hydrogens is 422 g/mol. The Morgan fingerprint density at radius 3 is 1.94 bits per heavy atom. The third-order valence-corrected chi connectivity index (χ3v) is 6.55. The third-order valence-electron chi connectivity index (χ3n) is 6.55. The molecule has 0 spiro atoms. The number of ketones is 1. The molecule has 4 nitrogen and oxygen atoms in total. The number of hydrogen-bond acceptors (Lipinski definition) is 4. The number of carbonyl (C=O) groups excluding carboxylic acids is 1. The van der Waals surface area contributed by atoms with E-state index in [-0.39, 0.29) is 24.0 Å². The van der Waals surface area contributed by atoms with Crippen molar-refractivity contribution < 1.29 is 14.3 Å². The normalized spacial score (nSPS) is 20.8. The van der Waals surface area contributed by atoms with Gasteiger partial charge in [-0.1, -0.05) is 91.0 Å². The fourth-order valence-corrected chi connectivity index (χ4v) is 4.84.